The van der Waals surface area contributed by atoms with Crippen molar-refractivity contribution >= 4 is 23.8 Å². The summed E-state index contributed by atoms with van der Waals surface area (Å²) in [6.45, 7) is 4.12. The third kappa shape index (κ3) is 6.51. The quantitative estimate of drug-likeness (QED) is 0.291. The van der Waals surface area contributed by atoms with E-state index in [1.807, 2.05) is 18.2 Å². The molecule has 3 aromatic rings. The van der Waals surface area contributed by atoms with Crippen LogP contribution in [0.2, 0.25) is 0 Å². The molecule has 2 saturated heterocycles. The Labute approximate surface area is 223 Å². The molecule has 2 aliphatic rings. The minimum atomic E-state index is -0.294. The van der Waals surface area contributed by atoms with Gasteiger partial charge >= 0.3 is 0 Å². The lowest BCUT2D eigenvalue weighted by Crippen LogP contribution is -2.33. The van der Waals surface area contributed by atoms with Crippen molar-refractivity contribution in [2.45, 2.75) is 45.1 Å². The number of nitrogens with one attached hydrogen (secondary N) is 1. The molecule has 9 heteroatoms. The van der Waals surface area contributed by atoms with Crippen molar-refractivity contribution in [3.63, 3.8) is 0 Å². The molecule has 5 rings (SSSR count). The molecule has 8 nitrogen and oxygen atoms in total. The van der Waals surface area contributed by atoms with E-state index in [1.54, 1.807) is 37.6 Å². The van der Waals surface area contributed by atoms with Crippen LogP contribution in [-0.2, 0) is 6.61 Å². The van der Waals surface area contributed by atoms with E-state index in [0.29, 0.717) is 22.9 Å². The maximum absolute atomic E-state index is 13.9. The molecule has 0 bridgehead atoms. The normalized spacial score (nSPS) is 16.1. The van der Waals surface area contributed by atoms with Gasteiger partial charge in [-0.15, -0.1) is 0 Å². The van der Waals surface area contributed by atoms with Gasteiger partial charge in [0.1, 0.15) is 18.2 Å². The minimum Gasteiger partial charge on any atom is -0.493 e. The summed E-state index contributed by atoms with van der Waals surface area (Å²) in [5, 5.41) is 4.45. The van der Waals surface area contributed by atoms with E-state index in [4.69, 9.17) is 19.4 Å². The van der Waals surface area contributed by atoms with Crippen LogP contribution in [0.5, 0.6) is 11.5 Å². The number of benzene rings is 2. The van der Waals surface area contributed by atoms with E-state index in [0.717, 1.165) is 43.5 Å². The Hall–Kier alpha value is -3.88. The predicted octanol–water partition coefficient (Wildman–Crippen LogP) is 5.63. The van der Waals surface area contributed by atoms with Crippen molar-refractivity contribution in [3.8, 4) is 11.5 Å². The van der Waals surface area contributed by atoms with Gasteiger partial charge in [0, 0.05) is 37.8 Å². The summed E-state index contributed by atoms with van der Waals surface area (Å²) in [5.41, 5.74) is 4.42. The van der Waals surface area contributed by atoms with Gasteiger partial charge in [0.05, 0.1) is 13.3 Å². The fourth-order valence-corrected chi connectivity index (χ4v) is 4.83. The molecule has 0 atom stereocenters. The SMILES string of the molecule is COc1cc(C=NNc2cc(N3CCCCC3)nc(N3CCCCC3)n2)ccc1OCc1ccccc1F. The van der Waals surface area contributed by atoms with Crippen molar-refractivity contribution in [2.24, 2.45) is 5.10 Å². The molecule has 0 radical (unpaired) electrons. The molecule has 3 heterocycles. The largest absolute Gasteiger partial charge is 0.493 e. The fraction of sp³-hybridized carbons (Fsp3) is 0.414. The Balaban J connectivity index is 1.29. The summed E-state index contributed by atoms with van der Waals surface area (Å²) in [4.78, 5) is 14.3. The van der Waals surface area contributed by atoms with Gasteiger partial charge in [-0.25, -0.2) is 4.39 Å². The Morgan fingerprint density at radius 3 is 2.37 bits per heavy atom. The first-order chi connectivity index (χ1) is 18.7. The number of anilines is 3. The molecule has 2 fully saturated rings. The first kappa shape index (κ1) is 25.8. The van der Waals surface area contributed by atoms with Gasteiger partial charge in [-0.05, 0) is 68.4 Å². The fourth-order valence-electron chi connectivity index (χ4n) is 4.83. The van der Waals surface area contributed by atoms with Crippen LogP contribution in [0, 0.1) is 5.82 Å². The zero-order valence-electron chi connectivity index (χ0n) is 21.9. The van der Waals surface area contributed by atoms with Gasteiger partial charge < -0.3 is 19.3 Å². The standard InChI is InChI=1S/C29H35FN6O2/c1-37-26-18-22(12-13-25(26)38-21-23-10-4-5-11-24(23)30)20-31-34-27-19-28(35-14-6-2-7-15-35)33-29(32-27)36-16-8-3-9-17-36/h4-5,10-13,18-20H,2-3,6-9,14-17,21H2,1H3,(H,32,33,34). The van der Waals surface area contributed by atoms with Crippen LogP contribution in [0.4, 0.5) is 22.0 Å². The van der Waals surface area contributed by atoms with Crippen LogP contribution >= 0.6 is 0 Å². The first-order valence-electron chi connectivity index (χ1n) is 13.4. The summed E-state index contributed by atoms with van der Waals surface area (Å²) in [6.07, 6.45) is 8.95. The minimum absolute atomic E-state index is 0.116. The van der Waals surface area contributed by atoms with Crippen LogP contribution < -0.4 is 24.7 Å². The summed E-state index contributed by atoms with van der Waals surface area (Å²) < 4.78 is 25.2. The maximum atomic E-state index is 13.9. The number of hydrazone groups is 1. The van der Waals surface area contributed by atoms with Crippen molar-refractivity contribution in [3.05, 3.63) is 65.5 Å². The number of nitrogens with zero attached hydrogens (tertiary/aromatic N) is 5. The molecule has 2 aliphatic heterocycles. The Bertz CT molecular complexity index is 1210. The lowest BCUT2D eigenvalue weighted by molar-refractivity contribution is 0.279. The lowest BCUT2D eigenvalue weighted by Gasteiger charge is -2.31. The summed E-state index contributed by atoms with van der Waals surface area (Å²) >= 11 is 0. The Kier molecular flexibility index (Phi) is 8.53. The van der Waals surface area contributed by atoms with Crippen LogP contribution in [0.1, 0.15) is 49.7 Å². The Morgan fingerprint density at radius 1 is 0.895 bits per heavy atom. The van der Waals surface area contributed by atoms with Gasteiger partial charge in [-0.2, -0.15) is 15.1 Å². The number of hydrogen-bond acceptors (Lipinski definition) is 8. The molecule has 200 valence electrons. The van der Waals surface area contributed by atoms with E-state index < -0.39 is 0 Å². The van der Waals surface area contributed by atoms with Crippen LogP contribution in [0.25, 0.3) is 0 Å². The molecule has 0 saturated carbocycles. The van der Waals surface area contributed by atoms with Gasteiger partial charge in [0.15, 0.2) is 17.3 Å². The topological polar surface area (TPSA) is 75.1 Å². The Morgan fingerprint density at radius 2 is 1.63 bits per heavy atom. The van der Waals surface area contributed by atoms with Crippen molar-refractivity contribution < 1.29 is 13.9 Å². The number of methoxy groups -OCH3 is 1. The highest BCUT2D eigenvalue weighted by Crippen LogP contribution is 2.29. The second-order valence-electron chi connectivity index (χ2n) is 9.67. The second-order valence-corrected chi connectivity index (χ2v) is 9.67. The van der Waals surface area contributed by atoms with Gasteiger partial charge in [-0.1, -0.05) is 18.2 Å². The molecule has 2 aromatic carbocycles. The van der Waals surface area contributed by atoms with Crippen molar-refractivity contribution in [1.82, 2.24) is 9.97 Å². The molecule has 0 amide bonds. The van der Waals surface area contributed by atoms with Crippen molar-refractivity contribution in [1.29, 1.82) is 0 Å². The lowest BCUT2D eigenvalue weighted by atomic mass is 10.1. The number of hydrogen-bond donors (Lipinski definition) is 1. The number of ether oxygens (including phenoxy) is 2. The molecule has 0 spiro atoms. The number of halogens is 1. The first-order valence-corrected chi connectivity index (χ1v) is 13.4. The van der Waals surface area contributed by atoms with Gasteiger partial charge in [-0.3, -0.25) is 5.43 Å². The maximum Gasteiger partial charge on any atom is 0.229 e. The van der Waals surface area contributed by atoms with Crippen LogP contribution in [-0.4, -0.2) is 49.5 Å². The highest BCUT2D eigenvalue weighted by Gasteiger charge is 2.19. The molecule has 0 unspecified atom stereocenters. The van der Waals surface area contributed by atoms with E-state index in [2.05, 4.69) is 20.3 Å². The van der Waals surface area contributed by atoms with Gasteiger partial charge in [0.25, 0.3) is 0 Å². The smallest absolute Gasteiger partial charge is 0.229 e. The predicted molar refractivity (Wildman–Crippen MR) is 149 cm³/mol. The molecule has 38 heavy (non-hydrogen) atoms. The monoisotopic (exact) mass is 518 g/mol. The average molecular weight is 519 g/mol. The van der Waals surface area contributed by atoms with Gasteiger partial charge in [0.2, 0.25) is 5.95 Å². The summed E-state index contributed by atoms with van der Waals surface area (Å²) in [7, 11) is 1.58. The highest BCUT2D eigenvalue weighted by atomic mass is 19.1. The highest BCUT2D eigenvalue weighted by molar-refractivity contribution is 5.81. The summed E-state index contributed by atoms with van der Waals surface area (Å²) in [6, 6.07) is 14.1. The summed E-state index contributed by atoms with van der Waals surface area (Å²) in [5.74, 6) is 3.19. The molecule has 1 aromatic heterocycles. The third-order valence-electron chi connectivity index (χ3n) is 6.94. The number of rotatable bonds is 9. The zero-order valence-corrected chi connectivity index (χ0v) is 21.9. The van der Waals surface area contributed by atoms with E-state index in [-0.39, 0.29) is 12.4 Å². The zero-order chi connectivity index (χ0) is 26.2. The van der Waals surface area contributed by atoms with Crippen LogP contribution in [0.15, 0.2) is 53.6 Å². The van der Waals surface area contributed by atoms with E-state index in [9.17, 15) is 4.39 Å². The number of piperidine rings is 2. The molecule has 0 aliphatic carbocycles. The van der Waals surface area contributed by atoms with Crippen LogP contribution in [0.3, 0.4) is 0 Å². The van der Waals surface area contributed by atoms with Crippen molar-refractivity contribution in [2.75, 3.05) is 48.5 Å². The molecular weight excluding hydrogens is 483 g/mol. The number of aromatic nitrogens is 2. The molecular formula is C29H35FN6O2. The average Bonchev–Trinajstić information content (AvgIpc) is 2.98. The third-order valence-corrected chi connectivity index (χ3v) is 6.94. The molecule has 1 N–H and O–H groups in total. The van der Waals surface area contributed by atoms with E-state index in [1.165, 1.54) is 44.6 Å². The second kappa shape index (κ2) is 12.6. The van der Waals surface area contributed by atoms with E-state index >= 15 is 0 Å².